The molecule has 2 aromatic carbocycles. The van der Waals surface area contributed by atoms with Crippen molar-refractivity contribution in [1.29, 1.82) is 0 Å². The second-order valence-corrected chi connectivity index (χ2v) is 12.1. The molecule has 0 bridgehead atoms. The maximum Gasteiger partial charge on any atom is 0.490 e. The molecule has 13 nitrogen and oxygen atoms in total. The van der Waals surface area contributed by atoms with Crippen molar-refractivity contribution in [3.05, 3.63) is 64.9 Å². The van der Waals surface area contributed by atoms with Crippen LogP contribution in [-0.2, 0) is 20.8 Å². The smallest absolute Gasteiger partial charge is 0.490 e. The third-order valence-corrected chi connectivity index (χ3v) is 7.79. The van der Waals surface area contributed by atoms with Crippen molar-refractivity contribution in [2.24, 2.45) is 0 Å². The Morgan fingerprint density at radius 2 is 1.46 bits per heavy atom. The summed E-state index contributed by atoms with van der Waals surface area (Å²) in [5.41, 5.74) is 4.92. The summed E-state index contributed by atoms with van der Waals surface area (Å²) in [6, 6.07) is 12.0. The first kappa shape index (κ1) is 44.7. The molecule has 1 atom stereocenters. The summed E-state index contributed by atoms with van der Waals surface area (Å²) in [5.74, 6) is -7.28. The van der Waals surface area contributed by atoms with Gasteiger partial charge in [0, 0.05) is 29.8 Å². The van der Waals surface area contributed by atoms with Crippen molar-refractivity contribution < 1.29 is 78.7 Å². The number of carbonyl (C=O) groups is 4. The fourth-order valence-corrected chi connectivity index (χ4v) is 5.19. The molecule has 2 aromatic heterocycles. The lowest BCUT2D eigenvalue weighted by Gasteiger charge is -2.24. The fraction of sp³-hybridized carbons (Fsp3) is 0.355. The number of aliphatic carboxylic acids is 3. The van der Waals surface area contributed by atoms with Crippen molar-refractivity contribution in [2.45, 2.75) is 37.3 Å². The predicted molar refractivity (Wildman–Crippen MR) is 172 cm³/mol. The van der Waals surface area contributed by atoms with Crippen molar-refractivity contribution >= 4 is 45.4 Å². The van der Waals surface area contributed by atoms with Gasteiger partial charge in [-0.2, -0.15) is 44.6 Å². The highest BCUT2D eigenvalue weighted by molar-refractivity contribution is 7.18. The van der Waals surface area contributed by atoms with E-state index in [1.165, 1.54) is 0 Å². The Bertz CT molecular complexity index is 1820. The summed E-state index contributed by atoms with van der Waals surface area (Å²) in [6.45, 7) is 2.21. The first-order valence-electron chi connectivity index (χ1n) is 14.9. The monoisotopic (exact) mass is 803 g/mol. The van der Waals surface area contributed by atoms with E-state index in [4.69, 9.17) is 39.4 Å². The minimum absolute atomic E-state index is 0.0366. The number of amides is 1. The van der Waals surface area contributed by atoms with E-state index >= 15 is 0 Å². The van der Waals surface area contributed by atoms with Gasteiger partial charge >= 0.3 is 36.4 Å². The topological polar surface area (TPSA) is 195 Å². The van der Waals surface area contributed by atoms with Crippen LogP contribution < -0.4 is 10.1 Å². The molecule has 1 aliphatic rings. The average molecular weight is 804 g/mol. The average Bonchev–Trinajstić information content (AvgIpc) is 3.76. The fourth-order valence-electron chi connectivity index (χ4n) is 4.10. The van der Waals surface area contributed by atoms with Gasteiger partial charge in [0.25, 0.3) is 5.91 Å². The largest absolute Gasteiger partial charge is 0.493 e. The second-order valence-electron chi connectivity index (χ2n) is 11.1. The molecule has 54 heavy (non-hydrogen) atoms. The van der Waals surface area contributed by atoms with Crippen LogP contribution in [0.3, 0.4) is 0 Å². The number of carbonyl (C=O) groups excluding carboxylic acids is 1. The zero-order valence-electron chi connectivity index (χ0n) is 27.8. The van der Waals surface area contributed by atoms with Crippen molar-refractivity contribution in [1.82, 2.24) is 25.4 Å². The summed E-state index contributed by atoms with van der Waals surface area (Å²) >= 11 is 1.71. The molecule has 296 valence electrons. The minimum Gasteiger partial charge on any atom is -0.493 e. The molecule has 0 aliphatic carbocycles. The highest BCUT2D eigenvalue weighted by Gasteiger charge is 2.39. The molecule has 0 saturated heterocycles. The molecule has 5 N–H and O–H groups in total. The van der Waals surface area contributed by atoms with E-state index in [-0.39, 0.29) is 11.8 Å². The van der Waals surface area contributed by atoms with Crippen LogP contribution in [0, 0.1) is 0 Å². The van der Waals surface area contributed by atoms with E-state index in [1.54, 1.807) is 11.3 Å². The van der Waals surface area contributed by atoms with Gasteiger partial charge in [0.05, 0.1) is 23.0 Å². The molecule has 0 spiro atoms. The van der Waals surface area contributed by atoms with Crippen molar-refractivity contribution in [2.75, 3.05) is 33.8 Å². The lowest BCUT2D eigenvalue weighted by atomic mass is 9.95. The maximum atomic E-state index is 12.6. The molecule has 1 aliphatic heterocycles. The van der Waals surface area contributed by atoms with E-state index < -0.39 is 36.4 Å². The van der Waals surface area contributed by atoms with E-state index in [1.807, 2.05) is 44.7 Å². The van der Waals surface area contributed by atoms with Crippen LogP contribution in [0.25, 0.3) is 21.3 Å². The number of hydrogen-bond donors (Lipinski definition) is 5. The zero-order valence-corrected chi connectivity index (χ0v) is 28.6. The number of carboxylic acids is 3. The quantitative estimate of drug-likeness (QED) is 0.109. The van der Waals surface area contributed by atoms with Crippen LogP contribution in [0.5, 0.6) is 5.75 Å². The number of aromatic amines is 1. The van der Waals surface area contributed by atoms with Gasteiger partial charge in [-0.25, -0.2) is 19.4 Å². The number of H-pyrrole nitrogens is 1. The standard InChI is InChI=1S/C25H27N5O2S.3C2HF3O2/c1-30(2)9-3-8-26-24(31)17-5-7-22-18(10-17)11-19(15-32-22)25-29-21-6-4-16(12-23(21)33-25)20-13-27-28-14-20;3*3-2(4,5)1(6)7/h4-7,10,12-14,19H,3,8-9,11,15H2,1-2H3,(H,26,31)(H,27,28);3*(H,6,7). The third-order valence-electron chi connectivity index (χ3n) is 6.61. The predicted octanol–water partition coefficient (Wildman–Crippen LogP) is 5.99. The number of alkyl halides is 9. The van der Waals surface area contributed by atoms with E-state index in [9.17, 15) is 44.3 Å². The molecule has 4 aromatic rings. The molecule has 0 saturated carbocycles. The van der Waals surface area contributed by atoms with Crippen LogP contribution in [-0.4, -0.2) is 112 Å². The third kappa shape index (κ3) is 14.5. The number of benzene rings is 2. The molecule has 1 unspecified atom stereocenters. The Morgan fingerprint density at radius 3 is 1.96 bits per heavy atom. The lowest BCUT2D eigenvalue weighted by molar-refractivity contribution is -0.193. The number of nitrogens with zero attached hydrogens (tertiary/aromatic N) is 3. The van der Waals surface area contributed by atoms with E-state index in [0.29, 0.717) is 18.7 Å². The van der Waals surface area contributed by atoms with E-state index in [2.05, 4.69) is 38.6 Å². The van der Waals surface area contributed by atoms with Gasteiger partial charge < -0.3 is 30.3 Å². The SMILES string of the molecule is CN(C)CCCNC(=O)c1ccc2c(c1)CC(c1nc3ccc(-c4cn[nH]c4)cc3s1)CO2.O=C(O)C(F)(F)F.O=C(O)C(F)(F)F.O=C(O)C(F)(F)F. The van der Waals surface area contributed by atoms with Gasteiger partial charge in [0.15, 0.2) is 0 Å². The second kappa shape index (κ2) is 19.0. The summed E-state index contributed by atoms with van der Waals surface area (Å²) < 4.78 is 102. The highest BCUT2D eigenvalue weighted by atomic mass is 32.1. The zero-order chi connectivity index (χ0) is 41.0. The molecule has 0 radical (unpaired) electrons. The van der Waals surface area contributed by atoms with Gasteiger partial charge in [-0.3, -0.25) is 9.89 Å². The Kier molecular flexibility index (Phi) is 15.8. The summed E-state index contributed by atoms with van der Waals surface area (Å²) in [6.07, 6.45) is -9.80. The summed E-state index contributed by atoms with van der Waals surface area (Å²) in [7, 11) is 4.07. The number of halogens is 9. The van der Waals surface area contributed by atoms with E-state index in [0.717, 1.165) is 57.1 Å². The van der Waals surface area contributed by atoms with Gasteiger partial charge in [-0.05, 0) is 74.9 Å². The number of carboxylic acid groups (broad SMARTS) is 3. The van der Waals surface area contributed by atoms with Crippen LogP contribution in [0.15, 0.2) is 48.8 Å². The first-order valence-corrected chi connectivity index (χ1v) is 15.7. The van der Waals surface area contributed by atoms with Crippen LogP contribution in [0.2, 0.25) is 0 Å². The highest BCUT2D eigenvalue weighted by Crippen LogP contribution is 2.37. The minimum atomic E-state index is -5.08. The Labute approximate surface area is 302 Å². The van der Waals surface area contributed by atoms with Crippen LogP contribution in [0.1, 0.15) is 33.3 Å². The molecule has 23 heteroatoms. The van der Waals surface area contributed by atoms with Crippen LogP contribution in [0.4, 0.5) is 39.5 Å². The number of thiazole rings is 1. The van der Waals surface area contributed by atoms with Gasteiger partial charge in [-0.15, -0.1) is 11.3 Å². The number of rotatable bonds is 7. The Balaban J connectivity index is 0.000000393. The summed E-state index contributed by atoms with van der Waals surface area (Å²) in [5, 5.41) is 32.4. The van der Waals surface area contributed by atoms with Gasteiger partial charge in [0.1, 0.15) is 10.8 Å². The number of fused-ring (bicyclic) bond motifs is 2. The first-order chi connectivity index (χ1) is 24.9. The molecular weight excluding hydrogens is 773 g/mol. The van der Waals surface area contributed by atoms with Gasteiger partial charge in [-0.1, -0.05) is 6.07 Å². The van der Waals surface area contributed by atoms with Crippen LogP contribution >= 0.6 is 11.3 Å². The molecular formula is C31H30F9N5O8S. The van der Waals surface area contributed by atoms with Gasteiger partial charge in [0.2, 0.25) is 0 Å². The Morgan fingerprint density at radius 1 is 0.889 bits per heavy atom. The molecule has 0 fully saturated rings. The van der Waals surface area contributed by atoms with Crippen molar-refractivity contribution in [3.63, 3.8) is 0 Å². The number of nitrogens with one attached hydrogen (secondary N) is 2. The number of aromatic nitrogens is 3. The number of ether oxygens (including phenoxy) is 1. The molecule has 5 rings (SSSR count). The molecule has 1 amide bonds. The van der Waals surface area contributed by atoms with Crippen molar-refractivity contribution in [3.8, 4) is 16.9 Å². The normalized spacial score (nSPS) is 13.8. The number of hydrogen-bond acceptors (Lipinski definition) is 9. The molecule has 3 heterocycles. The summed E-state index contributed by atoms with van der Waals surface area (Å²) in [4.78, 5) is 46.3. The lowest BCUT2D eigenvalue weighted by Crippen LogP contribution is -2.27. The Hall–Kier alpha value is -5.45. The maximum absolute atomic E-state index is 12.6.